The van der Waals surface area contributed by atoms with Crippen LogP contribution >= 0.6 is 0 Å². The lowest BCUT2D eigenvalue weighted by Gasteiger charge is -2.11. The summed E-state index contributed by atoms with van der Waals surface area (Å²) < 4.78 is 11.3. The average molecular weight is 236 g/mol. The van der Waals surface area contributed by atoms with Crippen molar-refractivity contribution in [2.45, 2.75) is 38.1 Å². The molecule has 1 aliphatic heterocycles. The second-order valence-corrected chi connectivity index (χ2v) is 10.8. The van der Waals surface area contributed by atoms with E-state index in [9.17, 15) is 0 Å². The van der Waals surface area contributed by atoms with Gasteiger partial charge in [0, 0.05) is 0 Å². The lowest BCUT2D eigenvalue weighted by Crippen LogP contribution is -2.31. The van der Waals surface area contributed by atoms with Crippen LogP contribution in [-0.4, -0.2) is 26.5 Å². The second kappa shape index (κ2) is 4.70. The van der Waals surface area contributed by atoms with E-state index in [1.54, 1.807) is 0 Å². The van der Waals surface area contributed by atoms with E-state index >= 15 is 0 Å². The Morgan fingerprint density at radius 1 is 1.19 bits per heavy atom. The van der Waals surface area contributed by atoms with Gasteiger partial charge in [-0.15, -0.1) is 0 Å². The van der Waals surface area contributed by atoms with Gasteiger partial charge in [0.25, 0.3) is 0 Å². The third-order valence-corrected chi connectivity index (χ3v) is 5.04. The molecule has 3 heteroatoms. The van der Waals surface area contributed by atoms with Crippen LogP contribution in [0.2, 0.25) is 19.6 Å². The molecule has 1 aromatic carbocycles. The SMILES string of the molecule is C[Si](C)(C)[C@H]1O[C@H]1COCc1ccccc1. The van der Waals surface area contributed by atoms with E-state index in [1.165, 1.54) is 5.56 Å². The van der Waals surface area contributed by atoms with Gasteiger partial charge in [-0.25, -0.2) is 0 Å². The zero-order chi connectivity index (χ0) is 11.6. The largest absolute Gasteiger partial charge is 0.374 e. The van der Waals surface area contributed by atoms with Crippen molar-refractivity contribution in [2.75, 3.05) is 6.61 Å². The standard InChI is InChI=1S/C13H20O2Si/c1-16(2,3)13-12(15-13)10-14-9-11-7-5-4-6-8-11/h4-8,12-13H,9-10H2,1-3H3/t12-,13+/m0/s1. The lowest BCUT2D eigenvalue weighted by atomic mass is 10.2. The first kappa shape index (κ1) is 11.8. The fourth-order valence-corrected chi connectivity index (χ4v) is 3.69. The van der Waals surface area contributed by atoms with Gasteiger partial charge in [0.2, 0.25) is 0 Å². The molecule has 1 saturated heterocycles. The van der Waals surface area contributed by atoms with E-state index in [-0.39, 0.29) is 0 Å². The molecule has 2 atom stereocenters. The molecule has 1 aliphatic rings. The molecule has 0 N–H and O–H groups in total. The first-order valence-corrected chi connectivity index (χ1v) is 9.42. The maximum absolute atomic E-state index is 5.67. The molecule has 0 unspecified atom stereocenters. The fraction of sp³-hybridized carbons (Fsp3) is 0.538. The van der Waals surface area contributed by atoms with Crippen molar-refractivity contribution in [3.63, 3.8) is 0 Å². The molecule has 88 valence electrons. The van der Waals surface area contributed by atoms with Crippen LogP contribution in [0.15, 0.2) is 30.3 Å². The number of ether oxygens (including phenoxy) is 2. The minimum atomic E-state index is -1.12. The molecule has 1 aromatic rings. The molecule has 0 spiro atoms. The van der Waals surface area contributed by atoms with Crippen molar-refractivity contribution >= 4 is 8.07 Å². The highest BCUT2D eigenvalue weighted by molar-refractivity contribution is 6.78. The molecule has 0 saturated carbocycles. The summed E-state index contributed by atoms with van der Waals surface area (Å²) in [5.74, 6) is 0. The summed E-state index contributed by atoms with van der Waals surface area (Å²) in [6, 6.07) is 10.3. The Labute approximate surface area is 98.6 Å². The van der Waals surface area contributed by atoms with Gasteiger partial charge in [-0.05, 0) is 5.56 Å². The van der Waals surface area contributed by atoms with E-state index in [2.05, 4.69) is 31.8 Å². The lowest BCUT2D eigenvalue weighted by molar-refractivity contribution is 0.104. The minimum Gasteiger partial charge on any atom is -0.374 e. The summed E-state index contributed by atoms with van der Waals surface area (Å²) >= 11 is 0. The topological polar surface area (TPSA) is 21.8 Å². The van der Waals surface area contributed by atoms with Crippen molar-refractivity contribution in [3.05, 3.63) is 35.9 Å². The van der Waals surface area contributed by atoms with Crippen LogP contribution in [0.5, 0.6) is 0 Å². The Bertz CT molecular complexity index is 332. The van der Waals surface area contributed by atoms with Crippen LogP contribution in [0.1, 0.15) is 5.56 Å². The molecule has 1 heterocycles. The zero-order valence-electron chi connectivity index (χ0n) is 10.3. The number of epoxide rings is 1. The average Bonchev–Trinajstić information content (AvgIpc) is 2.98. The highest BCUT2D eigenvalue weighted by Gasteiger charge is 2.48. The monoisotopic (exact) mass is 236 g/mol. The molecule has 2 nitrogen and oxygen atoms in total. The maximum atomic E-state index is 5.67. The van der Waals surface area contributed by atoms with Gasteiger partial charge >= 0.3 is 0 Å². The zero-order valence-corrected chi connectivity index (χ0v) is 11.3. The molecule has 2 rings (SSSR count). The molecule has 16 heavy (non-hydrogen) atoms. The van der Waals surface area contributed by atoms with E-state index in [0.29, 0.717) is 18.4 Å². The van der Waals surface area contributed by atoms with Crippen molar-refractivity contribution in [3.8, 4) is 0 Å². The molecule has 0 bridgehead atoms. The molecule has 0 aromatic heterocycles. The van der Waals surface area contributed by atoms with Crippen molar-refractivity contribution in [2.24, 2.45) is 0 Å². The summed E-state index contributed by atoms with van der Waals surface area (Å²) in [7, 11) is -1.12. The number of hydrogen-bond acceptors (Lipinski definition) is 2. The predicted octanol–water partition coefficient (Wildman–Crippen LogP) is 2.85. The van der Waals surface area contributed by atoms with Gasteiger partial charge in [-0.3, -0.25) is 0 Å². The number of rotatable bonds is 5. The summed E-state index contributed by atoms with van der Waals surface area (Å²) in [4.78, 5) is 0. The van der Waals surface area contributed by atoms with Gasteiger partial charge in [-0.1, -0.05) is 50.0 Å². The summed E-state index contributed by atoms with van der Waals surface area (Å²) in [5, 5.41) is 0. The second-order valence-electron chi connectivity index (χ2n) is 5.46. The van der Waals surface area contributed by atoms with Crippen LogP contribution in [-0.2, 0) is 16.1 Å². The third kappa shape index (κ3) is 3.17. The smallest absolute Gasteiger partial charge is 0.104 e. The minimum absolute atomic E-state index is 0.357. The van der Waals surface area contributed by atoms with Crippen LogP contribution in [0, 0.1) is 0 Å². The summed E-state index contributed by atoms with van der Waals surface area (Å²) in [5.41, 5.74) is 1.73. The molecule has 0 aliphatic carbocycles. The Morgan fingerprint density at radius 2 is 1.88 bits per heavy atom. The Hall–Kier alpha value is -0.643. The highest BCUT2D eigenvalue weighted by Crippen LogP contribution is 2.31. The van der Waals surface area contributed by atoms with Crippen LogP contribution < -0.4 is 0 Å². The third-order valence-electron chi connectivity index (χ3n) is 2.83. The van der Waals surface area contributed by atoms with E-state index < -0.39 is 8.07 Å². The van der Waals surface area contributed by atoms with E-state index in [1.807, 2.05) is 18.2 Å². The van der Waals surface area contributed by atoms with Gasteiger partial charge in [0.1, 0.15) is 6.10 Å². The predicted molar refractivity (Wildman–Crippen MR) is 68.1 cm³/mol. The van der Waals surface area contributed by atoms with Crippen LogP contribution in [0.4, 0.5) is 0 Å². The molecule has 1 fully saturated rings. The first-order chi connectivity index (χ1) is 7.57. The van der Waals surface area contributed by atoms with E-state index in [0.717, 1.165) is 6.61 Å². The first-order valence-electron chi connectivity index (χ1n) is 5.84. The summed E-state index contributed by atoms with van der Waals surface area (Å²) in [6.07, 6.45) is 0.357. The number of hydrogen-bond donors (Lipinski definition) is 0. The van der Waals surface area contributed by atoms with Crippen LogP contribution in [0.25, 0.3) is 0 Å². The highest BCUT2D eigenvalue weighted by atomic mass is 28.3. The van der Waals surface area contributed by atoms with Gasteiger partial charge in [0.05, 0.1) is 27.0 Å². The fourth-order valence-electron chi connectivity index (χ4n) is 1.90. The van der Waals surface area contributed by atoms with E-state index in [4.69, 9.17) is 9.47 Å². The normalized spacial score (nSPS) is 24.4. The van der Waals surface area contributed by atoms with Crippen molar-refractivity contribution in [1.29, 1.82) is 0 Å². The Balaban J connectivity index is 1.68. The van der Waals surface area contributed by atoms with Crippen molar-refractivity contribution in [1.82, 2.24) is 0 Å². The van der Waals surface area contributed by atoms with Crippen molar-refractivity contribution < 1.29 is 9.47 Å². The maximum Gasteiger partial charge on any atom is 0.104 e. The Morgan fingerprint density at radius 3 is 2.44 bits per heavy atom. The molecular weight excluding hydrogens is 216 g/mol. The van der Waals surface area contributed by atoms with Gasteiger partial charge in [0.15, 0.2) is 0 Å². The summed E-state index contributed by atoms with van der Waals surface area (Å²) in [6.45, 7) is 8.46. The molecule has 0 radical (unpaired) electrons. The Kier molecular flexibility index (Phi) is 3.47. The molecular formula is C13H20O2Si. The molecule has 0 amide bonds. The van der Waals surface area contributed by atoms with Gasteiger partial charge < -0.3 is 9.47 Å². The van der Waals surface area contributed by atoms with Crippen LogP contribution in [0.3, 0.4) is 0 Å². The number of benzene rings is 1. The quantitative estimate of drug-likeness (QED) is 0.579. The van der Waals surface area contributed by atoms with Gasteiger partial charge in [-0.2, -0.15) is 0 Å².